The Bertz CT molecular complexity index is 1440. The molecule has 8 nitrogen and oxygen atoms in total. The number of piperazine rings is 1. The Balaban J connectivity index is 1.32. The third-order valence-electron chi connectivity index (χ3n) is 7.19. The van der Waals surface area contributed by atoms with E-state index in [1.165, 1.54) is 31.9 Å². The minimum atomic E-state index is -3.92. The number of carbonyl (C=O) groups is 1. The van der Waals surface area contributed by atoms with Crippen LogP contribution in [0.4, 0.5) is 5.69 Å². The van der Waals surface area contributed by atoms with Crippen LogP contribution in [0.15, 0.2) is 65.8 Å². The van der Waals surface area contributed by atoms with E-state index < -0.39 is 10.0 Å². The summed E-state index contributed by atoms with van der Waals surface area (Å²) in [4.78, 5) is 17.4. The molecule has 2 aromatic carbocycles. The van der Waals surface area contributed by atoms with Crippen molar-refractivity contribution in [1.82, 2.24) is 19.0 Å². The van der Waals surface area contributed by atoms with Gasteiger partial charge in [0.1, 0.15) is 0 Å². The summed E-state index contributed by atoms with van der Waals surface area (Å²) in [6.07, 6.45) is 4.30. The molecule has 0 aliphatic carbocycles. The Labute approximate surface area is 218 Å². The Hall–Kier alpha value is -3.43. The van der Waals surface area contributed by atoms with E-state index in [4.69, 9.17) is 0 Å². The van der Waals surface area contributed by atoms with Gasteiger partial charge in [0.15, 0.2) is 0 Å². The predicted octanol–water partition coefficient (Wildman–Crippen LogP) is 3.48. The molecule has 0 N–H and O–H groups in total. The summed E-state index contributed by atoms with van der Waals surface area (Å²) in [7, 11) is -2.27. The van der Waals surface area contributed by atoms with E-state index in [1.807, 2.05) is 24.3 Å². The van der Waals surface area contributed by atoms with Crippen molar-refractivity contribution >= 4 is 27.2 Å². The third kappa shape index (κ3) is 5.06. The summed E-state index contributed by atoms with van der Waals surface area (Å²) < 4.78 is 30.2. The molecule has 1 amide bonds. The van der Waals surface area contributed by atoms with Crippen molar-refractivity contribution in [1.29, 1.82) is 0 Å². The zero-order valence-corrected chi connectivity index (χ0v) is 22.4. The fourth-order valence-electron chi connectivity index (χ4n) is 5.10. The maximum Gasteiger partial charge on any atom is 0.263 e. The second-order valence-electron chi connectivity index (χ2n) is 9.80. The van der Waals surface area contributed by atoms with E-state index in [2.05, 4.69) is 54.2 Å². The van der Waals surface area contributed by atoms with Gasteiger partial charge in [0.25, 0.3) is 15.9 Å². The number of carbonyl (C=O) groups excluding carboxylic acids is 1. The average Bonchev–Trinajstić information content (AvgIpc) is 3.33. The highest BCUT2D eigenvalue weighted by atomic mass is 32.2. The van der Waals surface area contributed by atoms with Crippen LogP contribution in [0.5, 0.6) is 0 Å². The van der Waals surface area contributed by atoms with Gasteiger partial charge in [-0.05, 0) is 48.6 Å². The molecule has 0 atom stereocenters. The van der Waals surface area contributed by atoms with E-state index in [-0.39, 0.29) is 16.5 Å². The zero-order chi connectivity index (χ0) is 26.2. The van der Waals surface area contributed by atoms with Crippen molar-refractivity contribution in [3.8, 4) is 0 Å². The van der Waals surface area contributed by atoms with Gasteiger partial charge in [0.05, 0.1) is 5.56 Å². The number of anilines is 1. The highest BCUT2D eigenvalue weighted by Crippen LogP contribution is 2.27. The number of aromatic nitrogens is 2. The molecule has 0 radical (unpaired) electrons. The normalized spacial score (nSPS) is 17.1. The molecule has 1 saturated heterocycles. The highest BCUT2D eigenvalue weighted by molar-refractivity contribution is 7.89. The first-order chi connectivity index (χ1) is 17.7. The van der Waals surface area contributed by atoms with Gasteiger partial charge in [-0.2, -0.15) is 9.40 Å². The van der Waals surface area contributed by atoms with Crippen LogP contribution >= 0.6 is 0 Å². The molecular formula is C28H33N5O3S. The molecule has 1 aromatic heterocycles. The lowest BCUT2D eigenvalue weighted by atomic mass is 9.99. The summed E-state index contributed by atoms with van der Waals surface area (Å²) in [6.45, 7) is 6.94. The van der Waals surface area contributed by atoms with Gasteiger partial charge in [-0.1, -0.05) is 48.5 Å². The predicted molar refractivity (Wildman–Crippen MR) is 145 cm³/mol. The maximum atomic E-state index is 13.7. The first-order valence-electron chi connectivity index (χ1n) is 12.6. The van der Waals surface area contributed by atoms with Gasteiger partial charge in [-0.25, -0.2) is 8.42 Å². The van der Waals surface area contributed by atoms with Crippen LogP contribution in [-0.2, 0) is 17.1 Å². The molecular weight excluding hydrogens is 486 g/mol. The van der Waals surface area contributed by atoms with Crippen molar-refractivity contribution in [3.63, 3.8) is 0 Å². The second-order valence-corrected chi connectivity index (χ2v) is 11.7. The molecule has 37 heavy (non-hydrogen) atoms. The van der Waals surface area contributed by atoms with E-state index in [9.17, 15) is 13.2 Å². The Morgan fingerprint density at radius 3 is 2.35 bits per heavy atom. The third-order valence-corrected chi connectivity index (χ3v) is 9.03. The maximum absolute atomic E-state index is 13.7. The summed E-state index contributed by atoms with van der Waals surface area (Å²) in [5.41, 5.74) is 5.97. The second kappa shape index (κ2) is 10.1. The van der Waals surface area contributed by atoms with Crippen molar-refractivity contribution in [2.75, 3.05) is 44.2 Å². The molecule has 3 aromatic rings. The number of nitrogens with zero attached hydrogens (tertiary/aromatic N) is 5. The Kier molecular flexibility index (Phi) is 6.92. The van der Waals surface area contributed by atoms with Crippen molar-refractivity contribution in [3.05, 3.63) is 83.1 Å². The van der Waals surface area contributed by atoms with Gasteiger partial charge in [-0.3, -0.25) is 9.48 Å². The van der Waals surface area contributed by atoms with Crippen LogP contribution in [0, 0.1) is 13.8 Å². The summed E-state index contributed by atoms with van der Waals surface area (Å²) in [5, 5.41) is 4.09. The molecule has 0 spiro atoms. The fraction of sp³-hybridized carbons (Fsp3) is 0.357. The first kappa shape index (κ1) is 25.2. The molecule has 194 valence electrons. The lowest BCUT2D eigenvalue weighted by molar-refractivity contribution is 0.0768. The molecule has 5 rings (SSSR count). The number of aryl methyl sites for hydroxylation is 3. The monoisotopic (exact) mass is 519 g/mol. The smallest absolute Gasteiger partial charge is 0.263 e. The van der Waals surface area contributed by atoms with E-state index in [1.54, 1.807) is 11.9 Å². The highest BCUT2D eigenvalue weighted by Gasteiger charge is 2.36. The van der Waals surface area contributed by atoms with Crippen molar-refractivity contribution in [2.24, 2.45) is 7.05 Å². The standard InChI is InChI=1S/C28H33N5O3S/c1-21-9-10-22(2)26(19-21)31-15-17-33(18-16-31)37(35,36)27-25(20-30(3)29-27)28(34)32-13-11-24(12-14-32)23-7-5-4-6-8-23/h4-11,19-20H,12-18H2,1-3H3. The number of benzene rings is 2. The Morgan fingerprint density at radius 2 is 1.68 bits per heavy atom. The molecule has 1 fully saturated rings. The lowest BCUT2D eigenvalue weighted by Crippen LogP contribution is -2.49. The van der Waals surface area contributed by atoms with Crippen LogP contribution in [0.2, 0.25) is 0 Å². The minimum absolute atomic E-state index is 0.135. The van der Waals surface area contributed by atoms with Gasteiger partial charge in [-0.15, -0.1) is 0 Å². The number of amides is 1. The molecule has 0 saturated carbocycles. The number of hydrogen-bond acceptors (Lipinski definition) is 5. The molecule has 0 unspecified atom stereocenters. The van der Waals surface area contributed by atoms with E-state index >= 15 is 0 Å². The minimum Gasteiger partial charge on any atom is -0.369 e. The van der Waals surface area contributed by atoms with Crippen molar-refractivity contribution in [2.45, 2.75) is 25.3 Å². The number of sulfonamides is 1. The average molecular weight is 520 g/mol. The lowest BCUT2D eigenvalue weighted by Gasteiger charge is -2.36. The summed E-state index contributed by atoms with van der Waals surface area (Å²) >= 11 is 0. The van der Waals surface area contributed by atoms with Gasteiger partial charge in [0, 0.05) is 58.2 Å². The zero-order valence-electron chi connectivity index (χ0n) is 21.6. The molecule has 9 heteroatoms. The number of rotatable bonds is 5. The topological polar surface area (TPSA) is 78.8 Å². The van der Waals surface area contributed by atoms with Crippen LogP contribution in [-0.4, -0.2) is 72.6 Å². The summed E-state index contributed by atoms with van der Waals surface area (Å²) in [6, 6.07) is 16.4. The van der Waals surface area contributed by atoms with Crippen molar-refractivity contribution < 1.29 is 13.2 Å². The SMILES string of the molecule is Cc1ccc(C)c(N2CCN(S(=O)(=O)c3nn(C)cc3C(=O)N3CC=C(c4ccccc4)CC3)CC2)c1. The largest absolute Gasteiger partial charge is 0.369 e. The molecule has 0 bridgehead atoms. The first-order valence-corrected chi connectivity index (χ1v) is 14.1. The molecule has 2 aliphatic heterocycles. The van der Waals surface area contributed by atoms with Crippen LogP contribution in [0.3, 0.4) is 0 Å². The van der Waals surface area contributed by atoms with Crippen LogP contribution in [0.25, 0.3) is 5.57 Å². The van der Waals surface area contributed by atoms with Gasteiger partial charge >= 0.3 is 0 Å². The fourth-order valence-corrected chi connectivity index (χ4v) is 6.63. The van der Waals surface area contributed by atoms with Crippen LogP contribution < -0.4 is 4.90 Å². The number of hydrogen-bond donors (Lipinski definition) is 0. The quantitative estimate of drug-likeness (QED) is 0.516. The molecule has 3 heterocycles. The van der Waals surface area contributed by atoms with Crippen LogP contribution in [0.1, 0.15) is 33.5 Å². The van der Waals surface area contributed by atoms with E-state index in [0.29, 0.717) is 39.3 Å². The Morgan fingerprint density at radius 1 is 0.946 bits per heavy atom. The van der Waals surface area contributed by atoms with E-state index in [0.717, 1.165) is 17.7 Å². The summed E-state index contributed by atoms with van der Waals surface area (Å²) in [5.74, 6) is -0.302. The van der Waals surface area contributed by atoms with Gasteiger partial charge in [0.2, 0.25) is 5.03 Å². The van der Waals surface area contributed by atoms with Gasteiger partial charge < -0.3 is 9.80 Å². The molecule has 2 aliphatic rings.